The van der Waals surface area contributed by atoms with Gasteiger partial charge in [-0.15, -0.1) is 0 Å². The minimum Gasteiger partial charge on any atom is -0.462 e. The molecule has 0 aromatic carbocycles. The number of carbonyl (C=O) groups is 1. The summed E-state index contributed by atoms with van der Waals surface area (Å²) in [6.45, 7) is 0. The second kappa shape index (κ2) is 3.16. The first-order valence-electron chi connectivity index (χ1n) is 4.23. The van der Waals surface area contributed by atoms with E-state index in [0.29, 0.717) is 11.7 Å². The Hall–Kier alpha value is -1.39. The van der Waals surface area contributed by atoms with Crippen LogP contribution in [0.4, 0.5) is 0 Å². The minimum atomic E-state index is -0.571. The first-order valence-corrected chi connectivity index (χ1v) is 4.23. The van der Waals surface area contributed by atoms with Crippen molar-refractivity contribution in [2.45, 2.75) is 25.2 Å². The van der Waals surface area contributed by atoms with Gasteiger partial charge in [-0.2, -0.15) is 4.98 Å². The summed E-state index contributed by atoms with van der Waals surface area (Å²) in [5.74, 6) is 0.385. The van der Waals surface area contributed by atoms with Gasteiger partial charge in [-0.05, 0) is 12.8 Å². The summed E-state index contributed by atoms with van der Waals surface area (Å²) in [6, 6.07) is 0. The molecule has 0 aliphatic heterocycles. The molecule has 1 aliphatic rings. The van der Waals surface area contributed by atoms with Crippen molar-refractivity contribution in [3.8, 4) is 0 Å². The molecule has 0 N–H and O–H groups in total. The van der Waals surface area contributed by atoms with Gasteiger partial charge in [0, 0.05) is 5.92 Å². The predicted molar refractivity (Wildman–Crippen MR) is 42.2 cm³/mol. The monoisotopic (exact) mass is 182 g/mol. The lowest BCUT2D eigenvalue weighted by atomic mass is 9.85. The van der Waals surface area contributed by atoms with E-state index in [1.165, 1.54) is 13.5 Å². The van der Waals surface area contributed by atoms with Gasteiger partial charge in [0.25, 0.3) is 0 Å². The van der Waals surface area contributed by atoms with E-state index in [1.54, 1.807) is 0 Å². The van der Waals surface area contributed by atoms with E-state index in [1.807, 2.05) is 0 Å². The van der Waals surface area contributed by atoms with Gasteiger partial charge in [0.05, 0.1) is 7.11 Å². The summed E-state index contributed by atoms with van der Waals surface area (Å²) in [6.07, 6.45) is 3.37. The van der Waals surface area contributed by atoms with Gasteiger partial charge in [-0.25, -0.2) is 4.79 Å². The van der Waals surface area contributed by atoms with E-state index >= 15 is 0 Å². The van der Waals surface area contributed by atoms with Crippen molar-refractivity contribution >= 4 is 5.97 Å². The molecule has 13 heavy (non-hydrogen) atoms. The van der Waals surface area contributed by atoms with Crippen molar-refractivity contribution in [1.82, 2.24) is 10.1 Å². The fraction of sp³-hybridized carbons (Fsp3) is 0.625. The summed E-state index contributed by atoms with van der Waals surface area (Å²) < 4.78 is 9.18. The Labute approximate surface area is 75.1 Å². The van der Waals surface area contributed by atoms with Crippen molar-refractivity contribution in [1.29, 1.82) is 0 Å². The standard InChI is InChI=1S/C8H10N2O3/c1-12-8(11)7-9-6(10-13-7)5-3-2-4-5/h5H,2-4H2,1H3. The third-order valence-electron chi connectivity index (χ3n) is 2.27. The van der Waals surface area contributed by atoms with Gasteiger partial charge in [0.1, 0.15) is 0 Å². The van der Waals surface area contributed by atoms with E-state index in [0.717, 1.165) is 12.8 Å². The lowest BCUT2D eigenvalue weighted by Gasteiger charge is -2.20. The summed E-state index contributed by atoms with van der Waals surface area (Å²) in [5.41, 5.74) is 0. The summed E-state index contributed by atoms with van der Waals surface area (Å²) in [5, 5.41) is 3.72. The number of hydrogen-bond acceptors (Lipinski definition) is 5. The SMILES string of the molecule is COC(=O)c1nc(C2CCC2)no1. The number of aromatic nitrogens is 2. The highest BCUT2D eigenvalue weighted by Gasteiger charge is 2.26. The highest BCUT2D eigenvalue weighted by molar-refractivity contribution is 5.83. The van der Waals surface area contributed by atoms with E-state index < -0.39 is 5.97 Å². The summed E-state index contributed by atoms with van der Waals surface area (Å²) in [7, 11) is 1.29. The van der Waals surface area contributed by atoms with Crippen LogP contribution in [-0.4, -0.2) is 23.2 Å². The molecule has 5 nitrogen and oxygen atoms in total. The van der Waals surface area contributed by atoms with Crippen molar-refractivity contribution in [3.63, 3.8) is 0 Å². The second-order valence-electron chi connectivity index (χ2n) is 3.08. The molecule has 1 heterocycles. The van der Waals surface area contributed by atoms with E-state index in [9.17, 15) is 4.79 Å². The number of hydrogen-bond donors (Lipinski definition) is 0. The maximum atomic E-state index is 10.9. The molecule has 70 valence electrons. The smallest absolute Gasteiger partial charge is 0.397 e. The Morgan fingerprint density at radius 3 is 2.92 bits per heavy atom. The van der Waals surface area contributed by atoms with Gasteiger partial charge >= 0.3 is 11.9 Å². The third-order valence-corrected chi connectivity index (χ3v) is 2.27. The Kier molecular flexibility index (Phi) is 2.00. The lowest BCUT2D eigenvalue weighted by Crippen LogP contribution is -2.11. The zero-order valence-electron chi connectivity index (χ0n) is 7.32. The average Bonchev–Trinajstić information content (AvgIpc) is 2.49. The summed E-state index contributed by atoms with van der Waals surface area (Å²) in [4.78, 5) is 14.9. The normalized spacial score (nSPS) is 16.7. The van der Waals surface area contributed by atoms with Crippen LogP contribution in [-0.2, 0) is 4.74 Å². The summed E-state index contributed by atoms with van der Waals surface area (Å²) >= 11 is 0. The maximum Gasteiger partial charge on any atom is 0.397 e. The lowest BCUT2D eigenvalue weighted by molar-refractivity contribution is 0.0545. The molecule has 1 aromatic heterocycles. The molecule has 0 amide bonds. The van der Waals surface area contributed by atoms with E-state index in [4.69, 9.17) is 4.52 Å². The molecule has 5 heteroatoms. The largest absolute Gasteiger partial charge is 0.462 e. The molecular weight excluding hydrogens is 172 g/mol. The van der Waals surface area contributed by atoms with Crippen LogP contribution in [0.25, 0.3) is 0 Å². The molecule has 0 atom stereocenters. The van der Waals surface area contributed by atoms with Crippen LogP contribution in [0.15, 0.2) is 4.52 Å². The number of ether oxygens (including phenoxy) is 1. The highest BCUT2D eigenvalue weighted by atomic mass is 16.6. The molecular formula is C8H10N2O3. The van der Waals surface area contributed by atoms with E-state index in [-0.39, 0.29) is 5.89 Å². The van der Waals surface area contributed by atoms with Crippen LogP contribution in [0.5, 0.6) is 0 Å². The molecule has 0 bridgehead atoms. The predicted octanol–water partition coefficient (Wildman–Crippen LogP) is 1.12. The molecule has 0 spiro atoms. The topological polar surface area (TPSA) is 65.2 Å². The van der Waals surface area contributed by atoms with Gasteiger partial charge in [0.2, 0.25) is 0 Å². The Bertz CT molecular complexity index is 317. The number of nitrogens with zero attached hydrogens (tertiary/aromatic N) is 2. The zero-order valence-corrected chi connectivity index (χ0v) is 7.32. The van der Waals surface area contributed by atoms with Crippen LogP contribution in [0.2, 0.25) is 0 Å². The van der Waals surface area contributed by atoms with Gasteiger partial charge in [0.15, 0.2) is 5.82 Å². The number of carbonyl (C=O) groups excluding carboxylic acids is 1. The minimum absolute atomic E-state index is 0.0515. The molecule has 1 fully saturated rings. The molecule has 0 radical (unpaired) electrons. The molecule has 0 unspecified atom stereocenters. The Morgan fingerprint density at radius 2 is 2.38 bits per heavy atom. The molecule has 2 rings (SSSR count). The molecule has 0 saturated heterocycles. The van der Waals surface area contributed by atoms with Crippen molar-refractivity contribution in [2.75, 3.05) is 7.11 Å². The highest BCUT2D eigenvalue weighted by Crippen LogP contribution is 2.34. The van der Waals surface area contributed by atoms with E-state index in [2.05, 4.69) is 14.9 Å². The average molecular weight is 182 g/mol. The van der Waals surface area contributed by atoms with Gasteiger partial charge in [-0.1, -0.05) is 11.6 Å². The fourth-order valence-electron chi connectivity index (χ4n) is 1.24. The fourth-order valence-corrected chi connectivity index (χ4v) is 1.24. The van der Waals surface area contributed by atoms with Crippen LogP contribution in [0, 0.1) is 0 Å². The third kappa shape index (κ3) is 1.41. The van der Waals surface area contributed by atoms with Crippen LogP contribution in [0.1, 0.15) is 41.7 Å². The Morgan fingerprint density at radius 1 is 1.62 bits per heavy atom. The van der Waals surface area contributed by atoms with Crippen LogP contribution in [0.3, 0.4) is 0 Å². The quantitative estimate of drug-likeness (QED) is 0.641. The molecule has 1 aliphatic carbocycles. The zero-order chi connectivity index (χ0) is 9.26. The number of rotatable bonds is 2. The number of methoxy groups -OCH3 is 1. The van der Waals surface area contributed by atoms with Gasteiger partial charge < -0.3 is 9.26 Å². The molecule has 1 aromatic rings. The first kappa shape index (κ1) is 8.22. The van der Waals surface area contributed by atoms with Crippen molar-refractivity contribution in [2.24, 2.45) is 0 Å². The van der Waals surface area contributed by atoms with Crippen LogP contribution >= 0.6 is 0 Å². The second-order valence-corrected chi connectivity index (χ2v) is 3.08. The maximum absolute atomic E-state index is 10.9. The molecule has 1 saturated carbocycles. The Balaban J connectivity index is 2.12. The van der Waals surface area contributed by atoms with Crippen molar-refractivity contribution < 1.29 is 14.1 Å². The first-order chi connectivity index (χ1) is 6.31. The van der Waals surface area contributed by atoms with Crippen LogP contribution < -0.4 is 0 Å². The van der Waals surface area contributed by atoms with Crippen molar-refractivity contribution in [3.05, 3.63) is 11.7 Å². The van der Waals surface area contributed by atoms with Gasteiger partial charge in [-0.3, -0.25) is 0 Å². The number of esters is 1.